The van der Waals surface area contributed by atoms with Crippen molar-refractivity contribution in [2.24, 2.45) is 21.3 Å². The molecule has 1 unspecified atom stereocenters. The maximum absolute atomic E-state index is 15.2. The van der Waals surface area contributed by atoms with Crippen molar-refractivity contribution in [3.05, 3.63) is 94.2 Å². The first-order valence-corrected chi connectivity index (χ1v) is 17.6. The van der Waals surface area contributed by atoms with Crippen molar-refractivity contribution in [2.75, 3.05) is 20.6 Å². The Morgan fingerprint density at radius 3 is 2.32 bits per heavy atom. The standard InChI is InChI=1S/C25H24F2N2.C16H20N2/c1-15-3-5-18-19-6-4-16(10-21(19)25(26,27)20(18)9-15)17-11-22(28-13-17)23-12-24(7-8-24)14-29(23)2;1-10-3-6-14-12(7-10)9-15(17-14)16-11-4-5-13(8-11)18(16)2/h3-6,9-10,13,23H,7-8,11-12,14H2,1-2H3;3,6-7,11,13,16H,4-5,8-9H2,1-2H3/t;11-,13+,16-/m.0/s1. The molecule has 3 aromatic carbocycles. The molecule has 47 heavy (non-hydrogen) atoms. The summed E-state index contributed by atoms with van der Waals surface area (Å²) in [6.07, 6.45) is 11.8. The van der Waals surface area contributed by atoms with Gasteiger partial charge >= 0.3 is 0 Å². The van der Waals surface area contributed by atoms with Gasteiger partial charge in [0.2, 0.25) is 0 Å². The average Bonchev–Trinajstić information content (AvgIpc) is 3.66. The van der Waals surface area contributed by atoms with Gasteiger partial charge in [-0.1, -0.05) is 47.5 Å². The molecule has 6 heteroatoms. The third kappa shape index (κ3) is 4.81. The molecule has 2 saturated carbocycles. The number of rotatable bonds is 3. The van der Waals surface area contributed by atoms with E-state index in [1.807, 2.05) is 37.4 Å². The molecule has 10 rings (SSSR count). The quantitative estimate of drug-likeness (QED) is 0.290. The lowest BCUT2D eigenvalue weighted by Crippen LogP contribution is -2.43. The van der Waals surface area contributed by atoms with Gasteiger partial charge in [-0.05, 0) is 124 Å². The molecule has 7 aliphatic rings. The predicted octanol–water partition coefficient (Wildman–Crippen LogP) is 8.89. The topological polar surface area (TPSA) is 31.2 Å². The Labute approximate surface area is 277 Å². The van der Waals surface area contributed by atoms with E-state index in [0.717, 1.165) is 48.0 Å². The fraction of sp³-hybridized carbons (Fsp3) is 0.463. The zero-order valence-electron chi connectivity index (χ0n) is 28.0. The van der Waals surface area contributed by atoms with Gasteiger partial charge in [-0.2, -0.15) is 8.78 Å². The molecule has 1 spiro atoms. The van der Waals surface area contributed by atoms with E-state index in [-0.39, 0.29) is 11.1 Å². The Morgan fingerprint density at radius 1 is 0.830 bits per heavy atom. The zero-order valence-corrected chi connectivity index (χ0v) is 28.0. The minimum Gasteiger partial charge on any atom is -0.298 e. The smallest absolute Gasteiger partial charge is 0.298 e. The second-order valence-electron chi connectivity index (χ2n) is 15.7. The van der Waals surface area contributed by atoms with Crippen molar-refractivity contribution in [3.63, 3.8) is 0 Å². The number of hydrogen-bond acceptors (Lipinski definition) is 4. The number of alkyl halides is 2. The van der Waals surface area contributed by atoms with Crippen LogP contribution < -0.4 is 0 Å². The van der Waals surface area contributed by atoms with Crippen molar-refractivity contribution in [1.82, 2.24) is 9.80 Å². The van der Waals surface area contributed by atoms with Crippen molar-refractivity contribution in [3.8, 4) is 11.1 Å². The molecule has 3 aliphatic carbocycles. The summed E-state index contributed by atoms with van der Waals surface area (Å²) in [5, 5.41) is 0. The van der Waals surface area contributed by atoms with Crippen LogP contribution in [0.25, 0.3) is 16.7 Å². The number of nitrogens with zero attached hydrogens (tertiary/aromatic N) is 4. The minimum absolute atomic E-state index is 0.125. The highest BCUT2D eigenvalue weighted by Crippen LogP contribution is 2.55. The van der Waals surface area contributed by atoms with Gasteiger partial charge in [0.05, 0.1) is 11.7 Å². The maximum Gasteiger partial charge on any atom is 0.299 e. The fourth-order valence-electron chi connectivity index (χ4n) is 9.79. The van der Waals surface area contributed by atoms with Crippen LogP contribution in [0.4, 0.5) is 14.5 Å². The number of aliphatic imine (C=N–C) groups is 2. The molecule has 0 aromatic heterocycles. The number of aryl methyl sites for hydroxylation is 2. The summed E-state index contributed by atoms with van der Waals surface area (Å²) < 4.78 is 30.4. The van der Waals surface area contributed by atoms with Gasteiger partial charge < -0.3 is 0 Å². The highest BCUT2D eigenvalue weighted by molar-refractivity contribution is 6.02. The van der Waals surface area contributed by atoms with Crippen LogP contribution in [0, 0.1) is 25.2 Å². The van der Waals surface area contributed by atoms with Crippen molar-refractivity contribution in [1.29, 1.82) is 0 Å². The summed E-state index contributed by atoms with van der Waals surface area (Å²) in [4.78, 5) is 14.7. The first kappa shape index (κ1) is 29.6. The maximum atomic E-state index is 15.2. The summed E-state index contributed by atoms with van der Waals surface area (Å²) in [6, 6.07) is 19.4. The van der Waals surface area contributed by atoms with E-state index in [1.165, 1.54) is 66.8 Å². The van der Waals surface area contributed by atoms with Crippen LogP contribution in [-0.4, -0.2) is 60.0 Å². The molecule has 3 aromatic rings. The molecule has 242 valence electrons. The lowest BCUT2D eigenvalue weighted by Gasteiger charge is -2.32. The van der Waals surface area contributed by atoms with Gasteiger partial charge in [-0.25, -0.2) is 0 Å². The third-order valence-electron chi connectivity index (χ3n) is 12.5. The van der Waals surface area contributed by atoms with Crippen LogP contribution in [-0.2, 0) is 12.3 Å². The van der Waals surface area contributed by atoms with Crippen molar-refractivity contribution < 1.29 is 8.78 Å². The van der Waals surface area contributed by atoms with Gasteiger partial charge in [0.25, 0.3) is 5.92 Å². The van der Waals surface area contributed by atoms with Crippen LogP contribution in [0.3, 0.4) is 0 Å². The van der Waals surface area contributed by atoms with E-state index < -0.39 is 5.92 Å². The van der Waals surface area contributed by atoms with Gasteiger partial charge in [0.15, 0.2) is 0 Å². The molecule has 0 N–H and O–H groups in total. The first-order valence-electron chi connectivity index (χ1n) is 17.6. The van der Waals surface area contributed by atoms with E-state index in [1.54, 1.807) is 12.1 Å². The second kappa shape index (κ2) is 10.5. The normalized spacial score (nSPS) is 28.9. The van der Waals surface area contributed by atoms with E-state index >= 15 is 8.78 Å². The number of likely N-dealkylation sites (tertiary alicyclic amines) is 2. The monoisotopic (exact) mass is 630 g/mol. The minimum atomic E-state index is -2.94. The van der Waals surface area contributed by atoms with Crippen molar-refractivity contribution >= 4 is 22.7 Å². The van der Waals surface area contributed by atoms with Crippen LogP contribution in [0.15, 0.2) is 70.8 Å². The summed E-state index contributed by atoms with van der Waals surface area (Å²) >= 11 is 0. The number of fused-ring (bicyclic) bond motifs is 6. The van der Waals surface area contributed by atoms with Crippen LogP contribution in [0.2, 0.25) is 0 Å². The van der Waals surface area contributed by atoms with Crippen LogP contribution >= 0.6 is 0 Å². The number of piperidine rings is 1. The highest BCUT2D eigenvalue weighted by atomic mass is 19.3. The summed E-state index contributed by atoms with van der Waals surface area (Å²) in [5.74, 6) is -2.08. The lowest BCUT2D eigenvalue weighted by molar-refractivity contribution is 0.0479. The molecule has 4 aliphatic heterocycles. The van der Waals surface area contributed by atoms with Gasteiger partial charge in [-0.3, -0.25) is 19.8 Å². The number of allylic oxidation sites excluding steroid dienone is 1. The lowest BCUT2D eigenvalue weighted by atomic mass is 9.92. The first-order chi connectivity index (χ1) is 22.6. The van der Waals surface area contributed by atoms with Gasteiger partial charge in [0.1, 0.15) is 0 Å². The second-order valence-corrected chi connectivity index (χ2v) is 15.7. The summed E-state index contributed by atoms with van der Waals surface area (Å²) in [5.41, 5.74) is 11.5. The Balaban J connectivity index is 0.000000144. The molecular weight excluding hydrogens is 586 g/mol. The van der Waals surface area contributed by atoms with E-state index in [2.05, 4.69) is 49.0 Å². The molecule has 4 atom stereocenters. The van der Waals surface area contributed by atoms with E-state index in [0.29, 0.717) is 28.6 Å². The zero-order chi connectivity index (χ0) is 32.2. The molecule has 2 bridgehead atoms. The highest BCUT2D eigenvalue weighted by Gasteiger charge is 2.52. The Morgan fingerprint density at radius 2 is 1.57 bits per heavy atom. The molecular formula is C41H44F2N4. The van der Waals surface area contributed by atoms with Crippen LogP contribution in [0.5, 0.6) is 0 Å². The summed E-state index contributed by atoms with van der Waals surface area (Å²) in [6.45, 7) is 5.19. The Kier molecular flexibility index (Phi) is 6.63. The largest absolute Gasteiger partial charge is 0.299 e. The number of halogens is 2. The van der Waals surface area contributed by atoms with Crippen molar-refractivity contribution in [2.45, 2.75) is 89.3 Å². The third-order valence-corrected chi connectivity index (χ3v) is 12.5. The molecule has 0 amide bonds. The summed E-state index contributed by atoms with van der Waals surface area (Å²) in [7, 11) is 4.48. The number of hydrogen-bond donors (Lipinski definition) is 0. The Hall–Kier alpha value is -3.48. The SMILES string of the molecule is Cc1ccc2c(c1)C(F)(F)c1cc(C3=CN=C(C4CC5(CC5)CN4C)C3)ccc1-2.Cc1ccc2c(c1)CC([C@@H]1[C@H]3CC[C@H](C3)N1C)=N2. The predicted molar refractivity (Wildman–Crippen MR) is 187 cm³/mol. The molecule has 2 saturated heterocycles. The van der Waals surface area contributed by atoms with Gasteiger partial charge in [-0.15, -0.1) is 0 Å². The molecule has 4 fully saturated rings. The van der Waals surface area contributed by atoms with Crippen LogP contribution in [0.1, 0.15) is 78.3 Å². The molecule has 0 radical (unpaired) electrons. The van der Waals surface area contributed by atoms with E-state index in [4.69, 9.17) is 9.98 Å². The van der Waals surface area contributed by atoms with E-state index in [9.17, 15) is 0 Å². The Bertz CT molecular complexity index is 1900. The molecule has 4 nitrogen and oxygen atoms in total. The van der Waals surface area contributed by atoms with Gasteiger partial charge in [0, 0.05) is 60.2 Å². The molecule has 4 heterocycles. The average molecular weight is 631 g/mol. The fourth-order valence-corrected chi connectivity index (χ4v) is 9.79. The number of benzene rings is 3.